The normalized spacial score (nSPS) is 11.1. The van der Waals surface area contributed by atoms with Crippen molar-refractivity contribution in [1.29, 1.82) is 5.26 Å². The monoisotopic (exact) mass is 402 g/mol. The molecule has 0 fully saturated rings. The lowest BCUT2D eigenvalue weighted by atomic mass is 10.1. The highest BCUT2D eigenvalue weighted by Crippen LogP contribution is 2.32. The molecule has 3 aromatic carbocycles. The summed E-state index contributed by atoms with van der Waals surface area (Å²) in [6.07, 6.45) is 0. The number of esters is 1. The molecule has 0 heterocycles. The smallest absolute Gasteiger partial charge is 0.332 e. The van der Waals surface area contributed by atoms with Gasteiger partial charge in [0, 0.05) is 5.69 Å². The zero-order valence-electron chi connectivity index (χ0n) is 16.8. The van der Waals surface area contributed by atoms with Crippen molar-refractivity contribution in [2.75, 3.05) is 19.5 Å². The molecule has 0 aromatic heterocycles. The summed E-state index contributed by atoms with van der Waals surface area (Å²) in [6, 6.07) is 23.3. The van der Waals surface area contributed by atoms with Crippen molar-refractivity contribution < 1.29 is 19.0 Å². The van der Waals surface area contributed by atoms with Crippen LogP contribution >= 0.6 is 0 Å². The fraction of sp³-hybridized carbons (Fsp3) is 0.167. The first-order valence-electron chi connectivity index (χ1n) is 9.33. The predicted octanol–water partition coefficient (Wildman–Crippen LogP) is 4.47. The summed E-state index contributed by atoms with van der Waals surface area (Å²) in [7, 11) is 2.89. The van der Waals surface area contributed by atoms with Gasteiger partial charge in [0.2, 0.25) is 0 Å². The molecule has 1 atom stereocenters. The summed E-state index contributed by atoms with van der Waals surface area (Å²) in [6.45, 7) is 0.403. The maximum Gasteiger partial charge on any atom is 0.332 e. The van der Waals surface area contributed by atoms with Gasteiger partial charge in [0.15, 0.2) is 17.5 Å². The molecule has 0 amide bonds. The highest BCUT2D eigenvalue weighted by molar-refractivity contribution is 5.81. The van der Waals surface area contributed by atoms with Crippen LogP contribution in [0.25, 0.3) is 0 Å². The quantitative estimate of drug-likeness (QED) is 0.560. The van der Waals surface area contributed by atoms with Crippen LogP contribution in [0.3, 0.4) is 0 Å². The topological polar surface area (TPSA) is 80.6 Å². The van der Waals surface area contributed by atoms with Crippen LogP contribution in [0.15, 0.2) is 72.8 Å². The molecule has 152 valence electrons. The van der Waals surface area contributed by atoms with Crippen molar-refractivity contribution >= 4 is 11.7 Å². The Balaban J connectivity index is 1.82. The van der Waals surface area contributed by atoms with E-state index >= 15 is 0 Å². The summed E-state index contributed by atoms with van der Waals surface area (Å²) >= 11 is 0. The zero-order valence-corrected chi connectivity index (χ0v) is 16.8. The third-order valence-corrected chi connectivity index (χ3v) is 4.52. The lowest BCUT2D eigenvalue weighted by Crippen LogP contribution is -2.22. The van der Waals surface area contributed by atoms with Crippen molar-refractivity contribution in [3.63, 3.8) is 0 Å². The largest absolute Gasteiger partial charge is 0.493 e. The summed E-state index contributed by atoms with van der Waals surface area (Å²) in [4.78, 5) is 12.4. The number of hydrogen-bond donors (Lipinski definition) is 1. The second-order valence-electron chi connectivity index (χ2n) is 6.47. The van der Waals surface area contributed by atoms with Crippen LogP contribution in [0.1, 0.15) is 22.7 Å². The van der Waals surface area contributed by atoms with Crippen molar-refractivity contribution in [2.24, 2.45) is 0 Å². The Labute approximate surface area is 175 Å². The summed E-state index contributed by atoms with van der Waals surface area (Å²) in [5.74, 6) is 0.644. The summed E-state index contributed by atoms with van der Waals surface area (Å²) in [5.41, 5.74) is 2.93. The highest BCUT2D eigenvalue weighted by atomic mass is 16.5. The molecule has 0 saturated heterocycles. The van der Waals surface area contributed by atoms with Gasteiger partial charge in [-0.05, 0) is 47.5 Å². The van der Waals surface area contributed by atoms with Crippen LogP contribution in [-0.4, -0.2) is 20.2 Å². The maximum absolute atomic E-state index is 12.4. The minimum atomic E-state index is -0.750. The number of anilines is 1. The van der Waals surface area contributed by atoms with E-state index in [1.807, 2.05) is 30.3 Å². The number of rotatable bonds is 8. The van der Waals surface area contributed by atoms with Gasteiger partial charge in [0.05, 0.1) is 25.9 Å². The molecule has 0 aliphatic rings. The number of carbonyl (C=O) groups excluding carboxylic acids is 1. The highest BCUT2D eigenvalue weighted by Gasteiger charge is 2.23. The van der Waals surface area contributed by atoms with E-state index < -0.39 is 12.0 Å². The third kappa shape index (κ3) is 5.09. The Bertz CT molecular complexity index is 1030. The van der Waals surface area contributed by atoms with Gasteiger partial charge in [-0.1, -0.05) is 36.4 Å². The molecule has 1 N–H and O–H groups in total. The molecule has 0 aliphatic heterocycles. The molecule has 6 nitrogen and oxygen atoms in total. The molecule has 6 heteroatoms. The minimum Gasteiger partial charge on any atom is -0.493 e. The molecule has 0 saturated carbocycles. The van der Waals surface area contributed by atoms with Crippen LogP contribution in [0.5, 0.6) is 11.5 Å². The van der Waals surface area contributed by atoms with Gasteiger partial charge in [-0.3, -0.25) is 0 Å². The maximum atomic E-state index is 12.4. The fourth-order valence-electron chi connectivity index (χ4n) is 2.92. The first-order chi connectivity index (χ1) is 14.6. The molecule has 1 unspecified atom stereocenters. The van der Waals surface area contributed by atoms with E-state index in [0.29, 0.717) is 34.9 Å². The summed E-state index contributed by atoms with van der Waals surface area (Å²) < 4.78 is 16.3. The summed E-state index contributed by atoms with van der Waals surface area (Å²) in [5, 5.41) is 12.1. The van der Waals surface area contributed by atoms with Gasteiger partial charge >= 0.3 is 5.97 Å². The molecule has 0 spiro atoms. The Morgan fingerprint density at radius 3 is 2.37 bits per heavy atom. The lowest BCUT2D eigenvalue weighted by molar-refractivity contribution is -0.141. The van der Waals surface area contributed by atoms with Crippen LogP contribution in [0, 0.1) is 11.3 Å². The van der Waals surface area contributed by atoms with Gasteiger partial charge in [0.25, 0.3) is 0 Å². The van der Waals surface area contributed by atoms with E-state index in [-0.39, 0.29) is 0 Å². The van der Waals surface area contributed by atoms with E-state index in [9.17, 15) is 4.79 Å². The van der Waals surface area contributed by atoms with Crippen molar-refractivity contribution in [3.05, 3.63) is 89.5 Å². The number of hydrogen-bond acceptors (Lipinski definition) is 6. The van der Waals surface area contributed by atoms with Gasteiger partial charge in [0.1, 0.15) is 6.61 Å². The van der Waals surface area contributed by atoms with E-state index in [2.05, 4.69) is 11.4 Å². The SMILES string of the molecule is COC(=O)C(Nc1ccc(C#N)cc1)c1ccc(OCc2ccccc2)c(OC)c1. The molecule has 3 aromatic rings. The van der Waals surface area contributed by atoms with E-state index in [1.54, 1.807) is 49.6 Å². The zero-order chi connectivity index (χ0) is 21.3. The second kappa shape index (κ2) is 9.99. The van der Waals surface area contributed by atoms with E-state index in [4.69, 9.17) is 19.5 Å². The number of nitriles is 1. The first kappa shape index (κ1) is 20.7. The average Bonchev–Trinajstić information content (AvgIpc) is 2.81. The number of nitrogens with zero attached hydrogens (tertiary/aromatic N) is 1. The first-order valence-corrected chi connectivity index (χ1v) is 9.33. The van der Waals surface area contributed by atoms with Gasteiger partial charge < -0.3 is 19.5 Å². The number of nitrogens with one attached hydrogen (secondary N) is 1. The van der Waals surface area contributed by atoms with Gasteiger partial charge in [-0.25, -0.2) is 4.79 Å². The number of methoxy groups -OCH3 is 2. The Kier molecular flexibility index (Phi) is 6.91. The van der Waals surface area contributed by atoms with Gasteiger partial charge in [-0.15, -0.1) is 0 Å². The molecule has 0 bridgehead atoms. The molecule has 0 aliphatic carbocycles. The van der Waals surface area contributed by atoms with Crippen molar-refractivity contribution in [3.8, 4) is 17.6 Å². The second-order valence-corrected chi connectivity index (χ2v) is 6.47. The molecular weight excluding hydrogens is 380 g/mol. The van der Waals surface area contributed by atoms with E-state index in [1.165, 1.54) is 7.11 Å². The standard InChI is InChI=1S/C24H22N2O4/c1-28-22-14-19(10-13-21(22)30-16-18-6-4-3-5-7-18)23(24(27)29-2)26-20-11-8-17(15-25)9-12-20/h3-14,23,26H,16H2,1-2H3. The molecular formula is C24H22N2O4. The van der Waals surface area contributed by atoms with E-state index in [0.717, 1.165) is 5.56 Å². The number of ether oxygens (including phenoxy) is 3. The lowest BCUT2D eigenvalue weighted by Gasteiger charge is -2.20. The predicted molar refractivity (Wildman–Crippen MR) is 113 cm³/mol. The Hall–Kier alpha value is -3.98. The van der Waals surface area contributed by atoms with Crippen LogP contribution in [0.4, 0.5) is 5.69 Å². The van der Waals surface area contributed by atoms with Crippen molar-refractivity contribution in [1.82, 2.24) is 0 Å². The van der Waals surface area contributed by atoms with Crippen LogP contribution < -0.4 is 14.8 Å². The number of carbonyl (C=O) groups is 1. The van der Waals surface area contributed by atoms with Crippen LogP contribution in [-0.2, 0) is 16.1 Å². The Morgan fingerprint density at radius 2 is 1.73 bits per heavy atom. The molecule has 30 heavy (non-hydrogen) atoms. The third-order valence-electron chi connectivity index (χ3n) is 4.52. The Morgan fingerprint density at radius 1 is 1.00 bits per heavy atom. The van der Waals surface area contributed by atoms with Crippen LogP contribution in [0.2, 0.25) is 0 Å². The molecule has 3 rings (SSSR count). The average molecular weight is 402 g/mol. The number of benzene rings is 3. The minimum absolute atomic E-state index is 0.403. The van der Waals surface area contributed by atoms with Crippen molar-refractivity contribution in [2.45, 2.75) is 12.6 Å². The molecule has 0 radical (unpaired) electrons. The van der Waals surface area contributed by atoms with Gasteiger partial charge in [-0.2, -0.15) is 5.26 Å². The fourth-order valence-corrected chi connectivity index (χ4v) is 2.92.